The van der Waals surface area contributed by atoms with Crippen LogP contribution in [0.1, 0.15) is 31.4 Å². The topological polar surface area (TPSA) is 24.9 Å². The molecule has 0 fully saturated rings. The maximum absolute atomic E-state index is 4.21. The van der Waals surface area contributed by atoms with Crippen molar-refractivity contribution in [3.05, 3.63) is 102 Å². The van der Waals surface area contributed by atoms with Crippen molar-refractivity contribution in [1.82, 2.24) is 4.98 Å². The number of hydrogen-bond donors (Lipinski definition) is 1. The van der Waals surface area contributed by atoms with Gasteiger partial charge in [-0.1, -0.05) is 68.5 Å². The third kappa shape index (κ3) is 2.77. The third-order valence-electron chi connectivity index (χ3n) is 6.12. The van der Waals surface area contributed by atoms with E-state index in [9.17, 15) is 0 Å². The van der Waals surface area contributed by atoms with Crippen LogP contribution in [0.5, 0.6) is 0 Å². The van der Waals surface area contributed by atoms with E-state index < -0.39 is 0 Å². The van der Waals surface area contributed by atoms with Crippen LogP contribution >= 0.6 is 0 Å². The molecule has 2 aliphatic carbocycles. The van der Waals surface area contributed by atoms with Gasteiger partial charge in [0.25, 0.3) is 0 Å². The summed E-state index contributed by atoms with van der Waals surface area (Å²) < 4.78 is 0. The maximum atomic E-state index is 4.21. The van der Waals surface area contributed by atoms with Gasteiger partial charge in [0.05, 0.1) is 0 Å². The third-order valence-corrected chi connectivity index (χ3v) is 6.12. The zero-order chi connectivity index (χ0) is 19.1. The van der Waals surface area contributed by atoms with E-state index in [0.717, 1.165) is 17.7 Å². The number of fused-ring (bicyclic) bond motifs is 2. The van der Waals surface area contributed by atoms with Gasteiger partial charge in [0, 0.05) is 29.5 Å². The summed E-state index contributed by atoms with van der Waals surface area (Å²) in [5, 5.41) is 3.70. The normalized spacial score (nSPS) is 19.3. The molecule has 0 bridgehead atoms. The molecule has 0 aliphatic heterocycles. The zero-order valence-electron chi connectivity index (χ0n) is 16.3. The summed E-state index contributed by atoms with van der Waals surface area (Å²) in [4.78, 5) is 4.21. The minimum atomic E-state index is 0.0980. The quantitative estimate of drug-likeness (QED) is 0.595. The first-order valence-electron chi connectivity index (χ1n) is 9.91. The molecule has 1 N–H and O–H groups in total. The molecule has 0 radical (unpaired) electrons. The number of aromatic nitrogens is 1. The summed E-state index contributed by atoms with van der Waals surface area (Å²) in [5.41, 5.74) is 9.40. The average molecular weight is 364 g/mol. The average Bonchev–Trinajstić information content (AvgIpc) is 2.97. The van der Waals surface area contributed by atoms with Crippen molar-refractivity contribution in [2.75, 3.05) is 5.32 Å². The van der Waals surface area contributed by atoms with Crippen molar-refractivity contribution in [1.29, 1.82) is 0 Å². The Labute approximate surface area is 166 Å². The molecule has 0 amide bonds. The van der Waals surface area contributed by atoms with Crippen molar-refractivity contribution in [3.63, 3.8) is 0 Å². The van der Waals surface area contributed by atoms with Gasteiger partial charge in [-0.25, -0.2) is 0 Å². The first-order valence-corrected chi connectivity index (χ1v) is 9.91. The molecule has 2 nitrogen and oxygen atoms in total. The lowest BCUT2D eigenvalue weighted by Gasteiger charge is -2.29. The first kappa shape index (κ1) is 17.0. The van der Waals surface area contributed by atoms with Crippen molar-refractivity contribution in [3.8, 4) is 11.1 Å². The number of nitrogens with one attached hydrogen (secondary N) is 1. The molecule has 2 aliphatic rings. The molecule has 0 saturated heterocycles. The Hall–Kier alpha value is -3.13. The van der Waals surface area contributed by atoms with Gasteiger partial charge in [-0.15, -0.1) is 0 Å². The Bertz CT molecular complexity index is 1070. The van der Waals surface area contributed by atoms with E-state index in [1.165, 1.54) is 22.3 Å². The van der Waals surface area contributed by atoms with Crippen LogP contribution in [0.3, 0.4) is 0 Å². The number of anilines is 1. The number of pyridine rings is 1. The lowest BCUT2D eigenvalue weighted by atomic mass is 9.77. The highest BCUT2D eigenvalue weighted by Crippen LogP contribution is 2.50. The maximum Gasteiger partial charge on any atom is 0.0485 e. The molecule has 2 aromatic carbocycles. The second-order valence-electron chi connectivity index (χ2n) is 8.20. The molecular formula is C26H24N2. The summed E-state index contributed by atoms with van der Waals surface area (Å²) in [6, 6.07) is 21.9. The number of hydrogen-bond acceptors (Lipinski definition) is 2. The lowest BCUT2D eigenvalue weighted by Crippen LogP contribution is -2.26. The molecule has 2 heteroatoms. The number of nitrogens with zero attached hydrogens (tertiary/aromatic N) is 1. The molecule has 1 heterocycles. The Kier molecular flexibility index (Phi) is 3.94. The first-order chi connectivity index (χ1) is 13.6. The van der Waals surface area contributed by atoms with E-state index in [1.54, 1.807) is 11.8 Å². The minimum Gasteiger partial charge on any atom is -0.379 e. The van der Waals surface area contributed by atoms with E-state index in [4.69, 9.17) is 0 Å². The fourth-order valence-corrected chi connectivity index (χ4v) is 4.59. The van der Waals surface area contributed by atoms with Crippen LogP contribution in [0, 0.1) is 0 Å². The van der Waals surface area contributed by atoms with Gasteiger partial charge in [-0.2, -0.15) is 0 Å². The van der Waals surface area contributed by atoms with Crippen molar-refractivity contribution >= 4 is 11.3 Å². The number of allylic oxidation sites excluding steroid dienone is 2. The van der Waals surface area contributed by atoms with Crippen LogP contribution in [0.15, 0.2) is 90.8 Å². The molecule has 138 valence electrons. The summed E-state index contributed by atoms with van der Waals surface area (Å²) in [7, 11) is 0. The van der Waals surface area contributed by atoms with Crippen LogP contribution in [-0.2, 0) is 5.41 Å². The van der Waals surface area contributed by atoms with Crippen LogP contribution in [0.25, 0.3) is 16.7 Å². The van der Waals surface area contributed by atoms with Gasteiger partial charge in [-0.3, -0.25) is 4.98 Å². The largest absolute Gasteiger partial charge is 0.379 e. The Morgan fingerprint density at radius 3 is 2.54 bits per heavy atom. The highest BCUT2D eigenvalue weighted by atomic mass is 14.9. The van der Waals surface area contributed by atoms with Crippen LogP contribution < -0.4 is 5.32 Å². The van der Waals surface area contributed by atoms with E-state index in [2.05, 4.69) is 90.9 Å². The molecule has 0 spiro atoms. The Morgan fingerprint density at radius 1 is 0.929 bits per heavy atom. The lowest BCUT2D eigenvalue weighted by molar-refractivity contribution is 0.596. The summed E-state index contributed by atoms with van der Waals surface area (Å²) in [6.07, 6.45) is 9.37. The molecule has 1 unspecified atom stereocenters. The van der Waals surface area contributed by atoms with Gasteiger partial charge in [0.2, 0.25) is 0 Å². The SMILES string of the molecule is CC1(C)C2=C(C=CC(Nc3ccc(-c4cccnc4)cc3)C2)c2ccccc21. The monoisotopic (exact) mass is 364 g/mol. The van der Waals surface area contributed by atoms with Gasteiger partial charge in [0.15, 0.2) is 0 Å². The van der Waals surface area contributed by atoms with Crippen LogP contribution in [0.4, 0.5) is 5.69 Å². The second kappa shape index (κ2) is 6.49. The Balaban J connectivity index is 1.35. The summed E-state index contributed by atoms with van der Waals surface area (Å²) in [5.74, 6) is 0. The predicted molar refractivity (Wildman–Crippen MR) is 117 cm³/mol. The molecule has 3 aromatic rings. The predicted octanol–water partition coefficient (Wildman–Crippen LogP) is 6.23. The van der Waals surface area contributed by atoms with E-state index >= 15 is 0 Å². The number of rotatable bonds is 3. The molecular weight excluding hydrogens is 340 g/mol. The van der Waals surface area contributed by atoms with Gasteiger partial charge >= 0.3 is 0 Å². The molecule has 1 aromatic heterocycles. The highest BCUT2D eigenvalue weighted by molar-refractivity contribution is 5.87. The molecule has 1 atom stereocenters. The van der Waals surface area contributed by atoms with Gasteiger partial charge < -0.3 is 5.32 Å². The van der Waals surface area contributed by atoms with Crippen LogP contribution in [0.2, 0.25) is 0 Å². The minimum absolute atomic E-state index is 0.0980. The van der Waals surface area contributed by atoms with Gasteiger partial charge in [-0.05, 0) is 58.0 Å². The van der Waals surface area contributed by atoms with Crippen molar-refractivity contribution in [2.24, 2.45) is 0 Å². The van der Waals surface area contributed by atoms with E-state index in [1.807, 2.05) is 12.3 Å². The fourth-order valence-electron chi connectivity index (χ4n) is 4.59. The summed E-state index contributed by atoms with van der Waals surface area (Å²) in [6.45, 7) is 4.71. The van der Waals surface area contributed by atoms with Crippen LogP contribution in [-0.4, -0.2) is 11.0 Å². The van der Waals surface area contributed by atoms with Gasteiger partial charge in [0.1, 0.15) is 0 Å². The molecule has 28 heavy (non-hydrogen) atoms. The fraction of sp³-hybridized carbons (Fsp3) is 0.192. The standard InChI is InChI=1S/C26H24N2/c1-26(2)24-8-4-3-7-22(24)23-14-13-21(16-25(23)26)28-20-11-9-18(10-12-20)19-6-5-15-27-17-19/h3-15,17,21,28H,16H2,1-2H3. The smallest absolute Gasteiger partial charge is 0.0485 e. The molecule has 0 saturated carbocycles. The zero-order valence-corrected chi connectivity index (χ0v) is 16.3. The van der Waals surface area contributed by atoms with Crippen molar-refractivity contribution < 1.29 is 0 Å². The summed E-state index contributed by atoms with van der Waals surface area (Å²) >= 11 is 0. The number of benzene rings is 2. The highest BCUT2D eigenvalue weighted by Gasteiger charge is 2.38. The molecule has 5 rings (SSSR count). The van der Waals surface area contributed by atoms with Crippen molar-refractivity contribution in [2.45, 2.75) is 31.7 Å². The van der Waals surface area contributed by atoms with E-state index in [0.29, 0.717) is 6.04 Å². The second-order valence-corrected chi connectivity index (χ2v) is 8.20. The Morgan fingerprint density at radius 2 is 1.75 bits per heavy atom. The van der Waals surface area contributed by atoms with E-state index in [-0.39, 0.29) is 5.41 Å².